The molecule has 0 bridgehead atoms. The summed E-state index contributed by atoms with van der Waals surface area (Å²) in [6.45, 7) is 0.706. The third-order valence-corrected chi connectivity index (χ3v) is 3.57. The molecule has 1 aliphatic rings. The summed E-state index contributed by atoms with van der Waals surface area (Å²) >= 11 is 0. The Labute approximate surface area is 109 Å². The molecule has 0 unspecified atom stereocenters. The maximum absolute atomic E-state index is 11.4. The van der Waals surface area contributed by atoms with E-state index in [1.165, 1.54) is 6.33 Å². The van der Waals surface area contributed by atoms with Crippen LogP contribution in [0.15, 0.2) is 12.5 Å². The second-order valence-corrected chi connectivity index (χ2v) is 4.75. The highest BCUT2D eigenvalue weighted by molar-refractivity contribution is 5.89. The number of piperidine rings is 1. The SMILES string of the molecule is Cn1ncc2c(N3CCCC[C@@H]3C(=O)O)ncnc21. The first-order valence-electron chi connectivity index (χ1n) is 6.30. The number of aromatic nitrogens is 4. The van der Waals surface area contributed by atoms with E-state index in [0.29, 0.717) is 18.8 Å². The van der Waals surface area contributed by atoms with Crippen molar-refractivity contribution in [1.82, 2.24) is 19.7 Å². The molecule has 1 aliphatic heterocycles. The van der Waals surface area contributed by atoms with Gasteiger partial charge in [0.2, 0.25) is 0 Å². The smallest absolute Gasteiger partial charge is 0.326 e. The number of carbonyl (C=O) groups is 1. The van der Waals surface area contributed by atoms with E-state index in [1.54, 1.807) is 10.9 Å². The van der Waals surface area contributed by atoms with Crippen molar-refractivity contribution in [3.63, 3.8) is 0 Å². The van der Waals surface area contributed by atoms with Crippen LogP contribution in [0.25, 0.3) is 11.0 Å². The molecule has 3 rings (SSSR count). The molecule has 0 spiro atoms. The van der Waals surface area contributed by atoms with E-state index in [0.717, 1.165) is 23.9 Å². The molecule has 7 heteroatoms. The molecule has 7 nitrogen and oxygen atoms in total. The Kier molecular flexibility index (Phi) is 2.81. The van der Waals surface area contributed by atoms with Gasteiger partial charge in [-0.3, -0.25) is 4.68 Å². The highest BCUT2D eigenvalue weighted by Gasteiger charge is 2.30. The van der Waals surface area contributed by atoms with Crippen LogP contribution < -0.4 is 4.90 Å². The summed E-state index contributed by atoms with van der Waals surface area (Å²) in [6.07, 6.45) is 5.73. The summed E-state index contributed by atoms with van der Waals surface area (Å²) in [4.78, 5) is 21.7. The molecular weight excluding hydrogens is 246 g/mol. The number of anilines is 1. The van der Waals surface area contributed by atoms with Gasteiger partial charge in [0.25, 0.3) is 0 Å². The van der Waals surface area contributed by atoms with Crippen LogP contribution in [-0.2, 0) is 11.8 Å². The Morgan fingerprint density at radius 1 is 1.42 bits per heavy atom. The molecule has 3 heterocycles. The van der Waals surface area contributed by atoms with E-state index < -0.39 is 12.0 Å². The van der Waals surface area contributed by atoms with Gasteiger partial charge in [-0.25, -0.2) is 14.8 Å². The van der Waals surface area contributed by atoms with Crippen molar-refractivity contribution < 1.29 is 9.90 Å². The molecule has 19 heavy (non-hydrogen) atoms. The molecule has 0 saturated carbocycles. The zero-order chi connectivity index (χ0) is 13.4. The van der Waals surface area contributed by atoms with Gasteiger partial charge >= 0.3 is 5.97 Å². The number of hydrogen-bond acceptors (Lipinski definition) is 5. The summed E-state index contributed by atoms with van der Waals surface area (Å²) in [6, 6.07) is -0.507. The number of rotatable bonds is 2. The van der Waals surface area contributed by atoms with Gasteiger partial charge in [-0.15, -0.1) is 0 Å². The Morgan fingerprint density at radius 2 is 2.26 bits per heavy atom. The van der Waals surface area contributed by atoms with Crippen molar-refractivity contribution in [1.29, 1.82) is 0 Å². The average molecular weight is 261 g/mol. The molecule has 1 saturated heterocycles. The van der Waals surface area contributed by atoms with Crippen LogP contribution in [0, 0.1) is 0 Å². The van der Waals surface area contributed by atoms with E-state index in [4.69, 9.17) is 0 Å². The summed E-state index contributed by atoms with van der Waals surface area (Å²) < 4.78 is 1.67. The van der Waals surface area contributed by atoms with E-state index >= 15 is 0 Å². The first-order valence-corrected chi connectivity index (χ1v) is 6.30. The number of carboxylic acids is 1. The summed E-state index contributed by atoms with van der Waals surface area (Å²) in [5.41, 5.74) is 0.722. The van der Waals surface area contributed by atoms with Crippen molar-refractivity contribution in [2.75, 3.05) is 11.4 Å². The monoisotopic (exact) mass is 261 g/mol. The van der Waals surface area contributed by atoms with Crippen LogP contribution >= 0.6 is 0 Å². The molecular formula is C12H15N5O2. The van der Waals surface area contributed by atoms with Crippen LogP contribution in [0.2, 0.25) is 0 Å². The Bertz CT molecular complexity index is 624. The second-order valence-electron chi connectivity index (χ2n) is 4.75. The van der Waals surface area contributed by atoms with E-state index in [1.807, 2.05) is 11.9 Å². The van der Waals surface area contributed by atoms with Gasteiger partial charge in [0.05, 0.1) is 11.6 Å². The first-order chi connectivity index (χ1) is 9.18. The Balaban J connectivity index is 2.09. The van der Waals surface area contributed by atoms with E-state index in [9.17, 15) is 9.90 Å². The predicted molar refractivity (Wildman–Crippen MR) is 68.9 cm³/mol. The Hall–Kier alpha value is -2.18. The van der Waals surface area contributed by atoms with Gasteiger partial charge in [0, 0.05) is 13.6 Å². The second kappa shape index (κ2) is 4.49. The zero-order valence-electron chi connectivity index (χ0n) is 10.7. The minimum Gasteiger partial charge on any atom is -0.480 e. The van der Waals surface area contributed by atoms with Crippen molar-refractivity contribution in [3.05, 3.63) is 12.5 Å². The zero-order valence-corrected chi connectivity index (χ0v) is 10.7. The number of hydrogen-bond donors (Lipinski definition) is 1. The normalized spacial score (nSPS) is 19.8. The lowest BCUT2D eigenvalue weighted by Crippen LogP contribution is -2.45. The minimum atomic E-state index is -0.796. The molecule has 0 amide bonds. The van der Waals surface area contributed by atoms with E-state index in [-0.39, 0.29) is 0 Å². The van der Waals surface area contributed by atoms with Gasteiger partial charge < -0.3 is 10.0 Å². The van der Waals surface area contributed by atoms with Gasteiger partial charge in [-0.05, 0) is 19.3 Å². The number of nitrogens with zero attached hydrogens (tertiary/aromatic N) is 5. The molecule has 0 radical (unpaired) electrons. The summed E-state index contributed by atoms with van der Waals surface area (Å²) in [7, 11) is 1.81. The quantitative estimate of drug-likeness (QED) is 0.861. The van der Waals surface area contributed by atoms with Crippen LogP contribution in [0.4, 0.5) is 5.82 Å². The molecule has 2 aromatic rings. The number of aryl methyl sites for hydroxylation is 1. The third kappa shape index (κ3) is 1.91. The lowest BCUT2D eigenvalue weighted by atomic mass is 10.0. The minimum absolute atomic E-state index is 0.507. The lowest BCUT2D eigenvalue weighted by molar-refractivity contribution is -0.139. The molecule has 0 aromatic carbocycles. The van der Waals surface area contributed by atoms with Gasteiger partial charge in [0.1, 0.15) is 18.2 Å². The fourth-order valence-electron chi connectivity index (χ4n) is 2.62. The molecule has 100 valence electrons. The van der Waals surface area contributed by atoms with Gasteiger partial charge in [-0.2, -0.15) is 5.10 Å². The molecule has 2 aromatic heterocycles. The van der Waals surface area contributed by atoms with Crippen LogP contribution in [0.1, 0.15) is 19.3 Å². The topological polar surface area (TPSA) is 84.1 Å². The lowest BCUT2D eigenvalue weighted by Gasteiger charge is -2.33. The molecule has 1 fully saturated rings. The maximum Gasteiger partial charge on any atom is 0.326 e. The van der Waals surface area contributed by atoms with Crippen LogP contribution in [0.3, 0.4) is 0 Å². The highest BCUT2D eigenvalue weighted by atomic mass is 16.4. The Morgan fingerprint density at radius 3 is 3.05 bits per heavy atom. The predicted octanol–water partition coefficient (Wildman–Crippen LogP) is 0.807. The molecule has 0 aliphatic carbocycles. The average Bonchev–Trinajstić information content (AvgIpc) is 2.81. The number of fused-ring (bicyclic) bond motifs is 1. The summed E-state index contributed by atoms with van der Waals surface area (Å²) in [5, 5.41) is 14.3. The van der Waals surface area contributed by atoms with Gasteiger partial charge in [-0.1, -0.05) is 0 Å². The highest BCUT2D eigenvalue weighted by Crippen LogP contribution is 2.28. The molecule has 1 atom stereocenters. The third-order valence-electron chi connectivity index (χ3n) is 3.57. The fourth-order valence-corrected chi connectivity index (χ4v) is 2.62. The fraction of sp³-hybridized carbons (Fsp3) is 0.500. The van der Waals surface area contributed by atoms with Crippen molar-refractivity contribution in [2.24, 2.45) is 7.05 Å². The largest absolute Gasteiger partial charge is 0.480 e. The van der Waals surface area contributed by atoms with Crippen molar-refractivity contribution >= 4 is 22.8 Å². The van der Waals surface area contributed by atoms with Crippen LogP contribution in [-0.4, -0.2) is 43.4 Å². The van der Waals surface area contributed by atoms with E-state index in [2.05, 4.69) is 15.1 Å². The van der Waals surface area contributed by atoms with Crippen molar-refractivity contribution in [2.45, 2.75) is 25.3 Å². The number of aliphatic carboxylic acids is 1. The first kappa shape index (κ1) is 11.9. The summed E-state index contributed by atoms with van der Waals surface area (Å²) in [5.74, 6) is -0.124. The van der Waals surface area contributed by atoms with Gasteiger partial charge in [0.15, 0.2) is 5.65 Å². The maximum atomic E-state index is 11.4. The standard InChI is InChI=1S/C12H15N5O2/c1-16-10-8(6-15-16)11(14-7-13-10)17-5-3-2-4-9(17)12(18)19/h6-7,9H,2-5H2,1H3,(H,18,19)/t9-/m1/s1. The molecule has 1 N–H and O–H groups in total. The van der Waals surface area contributed by atoms with Crippen LogP contribution in [0.5, 0.6) is 0 Å². The number of carboxylic acid groups (broad SMARTS) is 1. The van der Waals surface area contributed by atoms with Crippen molar-refractivity contribution in [3.8, 4) is 0 Å².